The maximum Gasteiger partial charge on any atom is 0.229 e. The molecule has 110 valence electrons. The Labute approximate surface area is 125 Å². The fourth-order valence-electron chi connectivity index (χ4n) is 1.94. The fraction of sp³-hybridized carbons (Fsp3) is 0.467. The van der Waals surface area contributed by atoms with Gasteiger partial charge >= 0.3 is 0 Å². The Morgan fingerprint density at radius 2 is 2.00 bits per heavy atom. The van der Waals surface area contributed by atoms with Crippen molar-refractivity contribution in [3.8, 4) is 0 Å². The molecule has 2 N–H and O–H groups in total. The van der Waals surface area contributed by atoms with Crippen LogP contribution in [0.5, 0.6) is 0 Å². The van der Waals surface area contributed by atoms with Crippen molar-refractivity contribution in [3.63, 3.8) is 0 Å². The Bertz CT molecular complexity index is 437. The highest BCUT2D eigenvalue weighted by molar-refractivity contribution is 7.80. The van der Waals surface area contributed by atoms with Crippen LogP contribution in [0.25, 0.3) is 0 Å². The number of methoxy groups -OCH3 is 1. The number of carbonyl (C=O) groups is 1. The SMILES string of the molecule is COCCN(CCC(N)=S)C(=O)C(C)c1ccccc1. The van der Waals surface area contributed by atoms with Gasteiger partial charge in [0.25, 0.3) is 0 Å². The van der Waals surface area contributed by atoms with Crippen molar-refractivity contribution in [2.75, 3.05) is 26.8 Å². The molecule has 0 aliphatic carbocycles. The molecule has 5 heteroatoms. The van der Waals surface area contributed by atoms with Crippen LogP contribution >= 0.6 is 12.2 Å². The molecule has 0 aromatic heterocycles. The van der Waals surface area contributed by atoms with Gasteiger partial charge in [0.2, 0.25) is 5.91 Å². The summed E-state index contributed by atoms with van der Waals surface area (Å²) in [5.74, 6) is -0.107. The molecule has 20 heavy (non-hydrogen) atoms. The third kappa shape index (κ3) is 5.27. The average molecular weight is 294 g/mol. The molecule has 4 nitrogen and oxygen atoms in total. The quantitative estimate of drug-likeness (QED) is 0.745. The number of amides is 1. The van der Waals surface area contributed by atoms with Gasteiger partial charge in [-0.2, -0.15) is 0 Å². The predicted octanol–water partition coefficient (Wildman–Crippen LogP) is 1.94. The van der Waals surface area contributed by atoms with E-state index in [9.17, 15) is 4.79 Å². The molecular weight excluding hydrogens is 272 g/mol. The molecule has 1 atom stereocenters. The molecule has 0 bridgehead atoms. The van der Waals surface area contributed by atoms with Crippen molar-refractivity contribution in [1.29, 1.82) is 0 Å². The van der Waals surface area contributed by atoms with Gasteiger partial charge in [-0.1, -0.05) is 42.5 Å². The standard InChI is InChI=1S/C15H22N2O2S/c1-12(13-6-4-3-5-7-13)15(18)17(10-11-19-2)9-8-14(16)20/h3-7,12H,8-11H2,1-2H3,(H2,16,20). The molecule has 0 spiro atoms. The summed E-state index contributed by atoms with van der Waals surface area (Å²) in [5, 5.41) is 0. The molecule has 0 fully saturated rings. The Balaban J connectivity index is 2.72. The van der Waals surface area contributed by atoms with E-state index in [0.717, 1.165) is 5.56 Å². The van der Waals surface area contributed by atoms with Gasteiger partial charge in [0, 0.05) is 26.6 Å². The molecule has 0 heterocycles. The van der Waals surface area contributed by atoms with E-state index >= 15 is 0 Å². The zero-order valence-corrected chi connectivity index (χ0v) is 12.9. The van der Waals surface area contributed by atoms with Gasteiger partial charge < -0.3 is 15.4 Å². The van der Waals surface area contributed by atoms with Crippen molar-refractivity contribution in [2.24, 2.45) is 5.73 Å². The number of carbonyl (C=O) groups excluding carboxylic acids is 1. The van der Waals surface area contributed by atoms with Crippen molar-refractivity contribution < 1.29 is 9.53 Å². The minimum atomic E-state index is -0.181. The van der Waals surface area contributed by atoms with Crippen molar-refractivity contribution in [3.05, 3.63) is 35.9 Å². The normalized spacial score (nSPS) is 11.9. The topological polar surface area (TPSA) is 55.6 Å². The number of nitrogens with zero attached hydrogens (tertiary/aromatic N) is 1. The number of thiocarbonyl (C=S) groups is 1. The summed E-state index contributed by atoms with van der Waals surface area (Å²) < 4.78 is 5.06. The molecule has 1 aromatic rings. The number of nitrogens with two attached hydrogens (primary N) is 1. The Kier molecular flexibility index (Phi) is 7.18. The van der Waals surface area contributed by atoms with E-state index in [-0.39, 0.29) is 11.8 Å². The minimum absolute atomic E-state index is 0.0736. The maximum absolute atomic E-state index is 12.5. The molecule has 0 aliphatic rings. The van der Waals surface area contributed by atoms with Crippen LogP contribution in [-0.2, 0) is 9.53 Å². The van der Waals surface area contributed by atoms with E-state index in [0.29, 0.717) is 31.1 Å². The highest BCUT2D eigenvalue weighted by Gasteiger charge is 2.21. The summed E-state index contributed by atoms with van der Waals surface area (Å²) >= 11 is 4.88. The van der Waals surface area contributed by atoms with Crippen LogP contribution in [0.15, 0.2) is 30.3 Å². The monoisotopic (exact) mass is 294 g/mol. The van der Waals surface area contributed by atoms with E-state index in [4.69, 9.17) is 22.7 Å². The number of rotatable bonds is 8. The van der Waals surface area contributed by atoms with E-state index in [1.54, 1.807) is 12.0 Å². The molecule has 0 saturated carbocycles. The zero-order chi connectivity index (χ0) is 15.0. The van der Waals surface area contributed by atoms with E-state index in [2.05, 4.69) is 0 Å². The second-order valence-electron chi connectivity index (χ2n) is 4.67. The van der Waals surface area contributed by atoms with E-state index in [1.165, 1.54) is 0 Å². The second kappa shape index (κ2) is 8.66. The first-order valence-corrected chi connectivity index (χ1v) is 7.08. The van der Waals surface area contributed by atoms with Crippen molar-refractivity contribution >= 4 is 23.1 Å². The van der Waals surface area contributed by atoms with Gasteiger partial charge in [-0.25, -0.2) is 0 Å². The first kappa shape index (κ1) is 16.6. The summed E-state index contributed by atoms with van der Waals surface area (Å²) in [6, 6.07) is 9.74. The first-order chi connectivity index (χ1) is 9.56. The number of hydrogen-bond donors (Lipinski definition) is 1. The van der Waals surface area contributed by atoms with Crippen LogP contribution in [0.2, 0.25) is 0 Å². The number of hydrogen-bond acceptors (Lipinski definition) is 3. The van der Waals surface area contributed by atoms with Crippen LogP contribution in [0.1, 0.15) is 24.8 Å². The molecule has 1 amide bonds. The molecule has 0 aliphatic heterocycles. The van der Waals surface area contributed by atoms with Crippen molar-refractivity contribution in [1.82, 2.24) is 4.90 Å². The van der Waals surface area contributed by atoms with Crippen LogP contribution in [0, 0.1) is 0 Å². The molecule has 1 aromatic carbocycles. The molecule has 0 radical (unpaired) electrons. The third-order valence-corrected chi connectivity index (χ3v) is 3.38. The van der Waals surface area contributed by atoms with Crippen molar-refractivity contribution in [2.45, 2.75) is 19.3 Å². The van der Waals surface area contributed by atoms with Gasteiger partial charge in [-0.3, -0.25) is 4.79 Å². The van der Waals surface area contributed by atoms with Gasteiger partial charge in [0.15, 0.2) is 0 Å². The molecular formula is C15H22N2O2S. The fourth-order valence-corrected chi connectivity index (χ4v) is 2.03. The third-order valence-electron chi connectivity index (χ3n) is 3.18. The summed E-state index contributed by atoms with van der Waals surface area (Å²) in [6.45, 7) is 3.51. The van der Waals surface area contributed by atoms with Gasteiger partial charge in [0.05, 0.1) is 17.5 Å². The maximum atomic E-state index is 12.5. The van der Waals surface area contributed by atoms with E-state index < -0.39 is 0 Å². The van der Waals surface area contributed by atoms with E-state index in [1.807, 2.05) is 37.3 Å². The minimum Gasteiger partial charge on any atom is -0.393 e. The summed E-state index contributed by atoms with van der Waals surface area (Å²) in [6.07, 6.45) is 0.534. The van der Waals surface area contributed by atoms with Crippen LogP contribution in [0.4, 0.5) is 0 Å². The largest absolute Gasteiger partial charge is 0.393 e. The summed E-state index contributed by atoms with van der Waals surface area (Å²) in [4.78, 5) is 14.7. The number of ether oxygens (including phenoxy) is 1. The van der Waals surface area contributed by atoms with Crippen LogP contribution in [0.3, 0.4) is 0 Å². The van der Waals surface area contributed by atoms with Gasteiger partial charge in [0.1, 0.15) is 0 Å². The highest BCUT2D eigenvalue weighted by Crippen LogP contribution is 2.17. The molecule has 0 saturated heterocycles. The summed E-state index contributed by atoms with van der Waals surface area (Å²) in [7, 11) is 1.62. The lowest BCUT2D eigenvalue weighted by Crippen LogP contribution is -2.38. The predicted molar refractivity (Wildman–Crippen MR) is 84.7 cm³/mol. The van der Waals surface area contributed by atoms with Gasteiger partial charge in [-0.15, -0.1) is 0 Å². The lowest BCUT2D eigenvalue weighted by Gasteiger charge is -2.25. The highest BCUT2D eigenvalue weighted by atomic mass is 32.1. The summed E-state index contributed by atoms with van der Waals surface area (Å²) in [5.41, 5.74) is 6.53. The Hall–Kier alpha value is -1.46. The van der Waals surface area contributed by atoms with Crippen LogP contribution in [-0.4, -0.2) is 42.6 Å². The molecule has 1 rings (SSSR count). The van der Waals surface area contributed by atoms with Crippen LogP contribution < -0.4 is 5.73 Å². The Morgan fingerprint density at radius 1 is 1.35 bits per heavy atom. The van der Waals surface area contributed by atoms with Gasteiger partial charge in [-0.05, 0) is 12.5 Å². The smallest absolute Gasteiger partial charge is 0.229 e. The first-order valence-electron chi connectivity index (χ1n) is 6.67. The Morgan fingerprint density at radius 3 is 2.55 bits per heavy atom. The zero-order valence-electron chi connectivity index (χ0n) is 12.0. The lowest BCUT2D eigenvalue weighted by atomic mass is 10.00. The lowest BCUT2D eigenvalue weighted by molar-refractivity contribution is -0.133. The number of benzene rings is 1. The molecule has 1 unspecified atom stereocenters. The second-order valence-corrected chi connectivity index (χ2v) is 5.19. The average Bonchev–Trinajstić information content (AvgIpc) is 2.46.